The van der Waals surface area contributed by atoms with Crippen molar-refractivity contribution in [2.24, 2.45) is 11.8 Å². The molecule has 3 heterocycles. The molecule has 3 saturated heterocycles. The topological polar surface area (TPSA) is 267 Å². The van der Waals surface area contributed by atoms with Crippen LogP contribution in [0.3, 0.4) is 0 Å². The van der Waals surface area contributed by atoms with Crippen molar-refractivity contribution >= 4 is 17.9 Å². The average molecular weight is 737 g/mol. The predicted octanol–water partition coefficient (Wildman–Crippen LogP) is -1.47. The molecule has 7 N–H and O–H groups in total. The molecule has 18 nitrogen and oxygen atoms in total. The minimum atomic E-state index is -2.46. The highest BCUT2D eigenvalue weighted by atomic mass is 16.8. The second-order valence-corrected chi connectivity index (χ2v) is 13.0. The first-order chi connectivity index (χ1) is 24.7. The third-order valence-corrected chi connectivity index (χ3v) is 10.0. The van der Waals surface area contributed by atoms with Crippen LogP contribution in [0.4, 0.5) is 0 Å². The first kappa shape index (κ1) is 37.5. The van der Waals surface area contributed by atoms with E-state index in [4.69, 9.17) is 37.9 Å². The lowest BCUT2D eigenvalue weighted by Gasteiger charge is -2.49. The molecule has 3 aliphatic heterocycles. The van der Waals surface area contributed by atoms with Crippen LogP contribution in [0.5, 0.6) is 23.0 Å². The second-order valence-electron chi connectivity index (χ2n) is 13.0. The van der Waals surface area contributed by atoms with E-state index < -0.39 is 116 Å². The smallest absolute Gasteiger partial charge is 0.311 e. The number of benzene rings is 2. The molecule has 0 unspecified atom stereocenters. The van der Waals surface area contributed by atoms with Crippen LogP contribution < -0.4 is 9.47 Å². The lowest BCUT2D eigenvalue weighted by Crippen LogP contribution is -2.63. The van der Waals surface area contributed by atoms with Crippen LogP contribution in [-0.2, 0) is 42.8 Å². The van der Waals surface area contributed by atoms with Crippen LogP contribution in [0.2, 0.25) is 0 Å². The standard InChI is InChI=1S/C34H40O18/c1-13(36)47-11-21-26(39)28(41)29(42)33(49-21)52-34-12-48-31(43)24-22(14-4-6-16(37)18(8-14)45-2)23(15-5-7-17(38)19(9-15)46-3)25(24)32(44)50-30(34)27(40)20(10-35)51-34/h4-9,20-30,33,35,37-42H,10-12H2,1-3H3/t20-,21-,22+,23+,24+,25+,26-,27-,28+,29-,30+,33-,34+/m1/s1. The van der Waals surface area contributed by atoms with Gasteiger partial charge in [0.1, 0.15) is 49.8 Å². The van der Waals surface area contributed by atoms with Crippen molar-refractivity contribution in [1.82, 2.24) is 0 Å². The first-order valence-corrected chi connectivity index (χ1v) is 16.3. The van der Waals surface area contributed by atoms with Gasteiger partial charge in [0.15, 0.2) is 35.4 Å². The molecule has 13 atom stereocenters. The molecule has 4 fully saturated rings. The molecule has 0 aromatic heterocycles. The highest BCUT2D eigenvalue weighted by Gasteiger charge is 2.66. The number of phenolic OH excluding ortho intramolecular Hbond substituents is 2. The number of hydrogen-bond acceptors (Lipinski definition) is 18. The van der Waals surface area contributed by atoms with Gasteiger partial charge in [-0.15, -0.1) is 0 Å². The van der Waals surface area contributed by atoms with Crippen molar-refractivity contribution in [2.75, 3.05) is 34.0 Å². The normalized spacial score (nSPS) is 37.2. The van der Waals surface area contributed by atoms with Crippen LogP contribution in [0.15, 0.2) is 36.4 Å². The molecule has 18 heteroatoms. The van der Waals surface area contributed by atoms with Gasteiger partial charge in [0.05, 0.1) is 32.7 Å². The number of esters is 3. The maximum atomic E-state index is 14.3. The highest BCUT2D eigenvalue weighted by molar-refractivity contribution is 5.88. The Morgan fingerprint density at radius 1 is 0.808 bits per heavy atom. The summed E-state index contributed by atoms with van der Waals surface area (Å²) in [7, 11) is 2.67. The number of hydrogen-bond donors (Lipinski definition) is 7. The van der Waals surface area contributed by atoms with E-state index >= 15 is 0 Å². The van der Waals surface area contributed by atoms with E-state index in [2.05, 4.69) is 0 Å². The minimum absolute atomic E-state index is 0.0742. The molecule has 0 amide bonds. The number of aliphatic hydroxyl groups is 5. The number of rotatable bonds is 9. The molecule has 0 radical (unpaired) electrons. The summed E-state index contributed by atoms with van der Waals surface area (Å²) < 4.78 is 44.6. The molecule has 0 spiro atoms. The summed E-state index contributed by atoms with van der Waals surface area (Å²) in [5, 5.41) is 73.9. The summed E-state index contributed by atoms with van der Waals surface area (Å²) in [6.45, 7) is -1.20. The van der Waals surface area contributed by atoms with Crippen molar-refractivity contribution in [3.63, 3.8) is 0 Å². The van der Waals surface area contributed by atoms with Crippen molar-refractivity contribution < 1.29 is 88.0 Å². The lowest BCUT2D eigenvalue weighted by atomic mass is 9.52. The number of carbonyl (C=O) groups excluding carboxylic acids is 3. The van der Waals surface area contributed by atoms with Crippen LogP contribution in [0.1, 0.15) is 29.9 Å². The Kier molecular flexibility index (Phi) is 10.5. The van der Waals surface area contributed by atoms with E-state index in [0.29, 0.717) is 11.1 Å². The van der Waals surface area contributed by atoms with Crippen LogP contribution >= 0.6 is 0 Å². The fourth-order valence-corrected chi connectivity index (χ4v) is 7.38. The Hall–Kier alpha value is -4.27. The number of aromatic hydroxyl groups is 2. The van der Waals surface area contributed by atoms with Gasteiger partial charge in [-0.2, -0.15) is 0 Å². The molecule has 1 saturated carbocycles. The Labute approximate surface area is 295 Å². The number of ether oxygens (including phenoxy) is 8. The average Bonchev–Trinajstić information content (AvgIpc) is 3.38. The number of aliphatic hydroxyl groups excluding tert-OH is 5. The van der Waals surface area contributed by atoms with Crippen LogP contribution in [-0.4, -0.2) is 142 Å². The fraction of sp³-hybridized carbons (Fsp3) is 0.559. The maximum Gasteiger partial charge on any atom is 0.311 e. The minimum Gasteiger partial charge on any atom is -0.504 e. The maximum absolute atomic E-state index is 14.3. The van der Waals surface area contributed by atoms with Gasteiger partial charge < -0.3 is 73.6 Å². The summed E-state index contributed by atoms with van der Waals surface area (Å²) in [4.78, 5) is 39.8. The number of phenols is 2. The van der Waals surface area contributed by atoms with Crippen molar-refractivity contribution in [1.29, 1.82) is 0 Å². The van der Waals surface area contributed by atoms with Crippen molar-refractivity contribution in [2.45, 2.75) is 73.6 Å². The third-order valence-electron chi connectivity index (χ3n) is 10.0. The second kappa shape index (κ2) is 14.6. The summed E-state index contributed by atoms with van der Waals surface area (Å²) in [6.07, 6.45) is -14.1. The van der Waals surface area contributed by atoms with Gasteiger partial charge in [-0.3, -0.25) is 14.4 Å². The van der Waals surface area contributed by atoms with E-state index in [1.165, 1.54) is 44.6 Å². The zero-order chi connectivity index (χ0) is 37.6. The third kappa shape index (κ3) is 6.49. The Balaban J connectivity index is 1.39. The summed E-state index contributed by atoms with van der Waals surface area (Å²) >= 11 is 0. The van der Waals surface area contributed by atoms with E-state index in [9.17, 15) is 50.1 Å². The van der Waals surface area contributed by atoms with E-state index in [0.717, 1.165) is 6.92 Å². The SMILES string of the molecule is COc1cc([C@@H]2[C@@H]3C(=O)OC[C@@]4(O[C@H]5O[C@H](COC(C)=O)[C@@H](O)[C@H](O)[C@H]5O)O[C@H](CO)[C@@H](O)[C@@H]4OC(=O)[C@H]3[C@H]2c2ccc(O)c(OC)c2)ccc1O. The molecular weight excluding hydrogens is 696 g/mol. The molecule has 2 aromatic rings. The van der Waals surface area contributed by atoms with E-state index in [1.54, 1.807) is 6.07 Å². The van der Waals surface area contributed by atoms with Gasteiger partial charge in [-0.1, -0.05) is 12.1 Å². The molecule has 2 aromatic carbocycles. The van der Waals surface area contributed by atoms with E-state index in [1.807, 2.05) is 0 Å². The van der Waals surface area contributed by atoms with Gasteiger partial charge in [0.2, 0.25) is 5.79 Å². The fourth-order valence-electron chi connectivity index (χ4n) is 7.38. The molecular formula is C34H40O18. The Bertz CT molecular complexity index is 1670. The summed E-state index contributed by atoms with van der Waals surface area (Å²) in [6, 6.07) is 8.77. The quantitative estimate of drug-likeness (QED) is 0.114. The van der Waals surface area contributed by atoms with Crippen LogP contribution in [0.25, 0.3) is 0 Å². The van der Waals surface area contributed by atoms with Gasteiger partial charge >= 0.3 is 17.9 Å². The molecule has 52 heavy (non-hydrogen) atoms. The zero-order valence-electron chi connectivity index (χ0n) is 28.1. The summed E-state index contributed by atoms with van der Waals surface area (Å²) in [5.41, 5.74) is 0.908. The van der Waals surface area contributed by atoms with E-state index in [-0.39, 0.29) is 23.0 Å². The Morgan fingerprint density at radius 2 is 1.38 bits per heavy atom. The predicted molar refractivity (Wildman–Crippen MR) is 168 cm³/mol. The first-order valence-electron chi connectivity index (χ1n) is 16.3. The Morgan fingerprint density at radius 3 is 1.92 bits per heavy atom. The number of methoxy groups -OCH3 is 2. The number of cyclic esters (lactones) is 1. The van der Waals surface area contributed by atoms with Crippen molar-refractivity contribution in [3.05, 3.63) is 47.5 Å². The number of carbonyl (C=O) groups is 3. The highest BCUT2D eigenvalue weighted by Crippen LogP contribution is 2.60. The number of fused-ring (bicyclic) bond motifs is 2. The molecule has 0 bridgehead atoms. The zero-order valence-corrected chi connectivity index (χ0v) is 28.1. The van der Waals surface area contributed by atoms with Gasteiger partial charge in [0.25, 0.3) is 0 Å². The van der Waals surface area contributed by atoms with Gasteiger partial charge in [0, 0.05) is 18.8 Å². The molecule has 284 valence electrons. The van der Waals surface area contributed by atoms with Gasteiger partial charge in [-0.05, 0) is 35.4 Å². The summed E-state index contributed by atoms with van der Waals surface area (Å²) in [5.74, 6) is -9.57. The van der Waals surface area contributed by atoms with Crippen LogP contribution in [0, 0.1) is 11.8 Å². The van der Waals surface area contributed by atoms with Gasteiger partial charge in [-0.25, -0.2) is 0 Å². The largest absolute Gasteiger partial charge is 0.504 e. The molecule has 1 aliphatic carbocycles. The monoisotopic (exact) mass is 736 g/mol. The lowest BCUT2D eigenvalue weighted by molar-refractivity contribution is -0.383. The molecule has 6 rings (SSSR count). The molecule has 4 aliphatic rings. The van der Waals surface area contributed by atoms with Crippen molar-refractivity contribution in [3.8, 4) is 23.0 Å².